The molecule has 0 radical (unpaired) electrons. The van der Waals surface area contributed by atoms with Crippen LogP contribution in [0, 0.1) is 22.7 Å². The maximum Gasteiger partial charge on any atom is 0.339 e. The lowest BCUT2D eigenvalue weighted by molar-refractivity contribution is -0.288. The van der Waals surface area contributed by atoms with E-state index in [4.69, 9.17) is 28.4 Å². The van der Waals surface area contributed by atoms with Crippen LogP contribution in [0.3, 0.4) is 0 Å². The molecule has 2 heterocycles. The lowest BCUT2D eigenvalue weighted by Crippen LogP contribution is -2.58. The molecule has 0 aromatic heterocycles. The van der Waals surface area contributed by atoms with E-state index in [0.29, 0.717) is 18.1 Å². The number of benzene rings is 2. The molecule has 73 heavy (non-hydrogen) atoms. The van der Waals surface area contributed by atoms with Gasteiger partial charge < -0.3 is 104 Å². The number of hydrogen-bond acceptors (Lipinski definition) is 23. The Morgan fingerprint density at radius 1 is 0.575 bits per heavy atom. The number of carbonyl (C=O) groups is 4. The summed E-state index contributed by atoms with van der Waals surface area (Å²) in [5.74, 6) is -4.39. The third kappa shape index (κ3) is 13.3. The molecule has 16 atom stereocenters. The minimum absolute atomic E-state index is 0.0122. The van der Waals surface area contributed by atoms with E-state index < -0.39 is 139 Å². The average molecular weight is 1030 g/mol. The van der Waals surface area contributed by atoms with E-state index in [1.165, 1.54) is 54.6 Å². The van der Waals surface area contributed by atoms with Crippen LogP contribution in [-0.4, -0.2) is 191 Å². The van der Waals surface area contributed by atoms with Crippen LogP contribution in [-0.2, 0) is 47.6 Å². The van der Waals surface area contributed by atoms with E-state index in [1.807, 2.05) is 0 Å². The Balaban J connectivity index is 1.16. The fraction of sp³-hybridized carbons (Fsp3) is 0.520. The molecule has 13 N–H and O–H groups in total. The van der Waals surface area contributed by atoms with Crippen LogP contribution >= 0.6 is 0 Å². The maximum absolute atomic E-state index is 14.3. The smallest absolute Gasteiger partial charge is 0.339 e. The highest BCUT2D eigenvalue weighted by molar-refractivity contribution is 6.12. The zero-order valence-electron chi connectivity index (χ0n) is 39.2. The molecule has 2 aromatic rings. The number of rotatable bonds is 19. The molecule has 4 fully saturated rings. The molecule has 400 valence electrons. The van der Waals surface area contributed by atoms with Gasteiger partial charge in [0.25, 0.3) is 0 Å². The third-order valence-electron chi connectivity index (χ3n) is 13.8. The van der Waals surface area contributed by atoms with Crippen molar-refractivity contribution < 1.29 is 114 Å². The Hall–Kier alpha value is -5.80. The summed E-state index contributed by atoms with van der Waals surface area (Å²) in [4.78, 5) is 53.4. The summed E-state index contributed by atoms with van der Waals surface area (Å²) in [5.41, 5.74) is -3.37. The lowest BCUT2D eigenvalue weighted by atomic mass is 9.69. The van der Waals surface area contributed by atoms with Crippen LogP contribution in [0.4, 0.5) is 0 Å². The van der Waals surface area contributed by atoms with Gasteiger partial charge in [0.05, 0.1) is 73.1 Å². The molecule has 2 saturated carbocycles. The van der Waals surface area contributed by atoms with Crippen molar-refractivity contribution in [1.29, 1.82) is 0 Å². The highest BCUT2D eigenvalue weighted by Crippen LogP contribution is 2.41. The predicted molar refractivity (Wildman–Crippen MR) is 247 cm³/mol. The van der Waals surface area contributed by atoms with E-state index in [-0.39, 0.29) is 68.6 Å². The maximum atomic E-state index is 14.3. The van der Waals surface area contributed by atoms with Gasteiger partial charge in [-0.2, -0.15) is 0 Å². The zero-order chi connectivity index (χ0) is 53.2. The van der Waals surface area contributed by atoms with Gasteiger partial charge in [-0.25, -0.2) is 9.59 Å². The Kier molecular flexibility index (Phi) is 19.3. The second kappa shape index (κ2) is 25.0. The van der Waals surface area contributed by atoms with Gasteiger partial charge in [0.1, 0.15) is 67.2 Å². The molecule has 6 rings (SSSR count). The van der Waals surface area contributed by atoms with Gasteiger partial charge in [-0.1, -0.05) is 18.2 Å². The summed E-state index contributed by atoms with van der Waals surface area (Å²) in [6.45, 7) is -2.06. The number of phenols is 3. The summed E-state index contributed by atoms with van der Waals surface area (Å²) in [5, 5.41) is 133. The number of carbonyl (C=O) groups excluding carboxylic acids is 4. The molecule has 0 spiro atoms. The molecule has 2 aliphatic carbocycles. The number of aldehydes is 2. The highest BCUT2D eigenvalue weighted by Gasteiger charge is 2.47. The normalized spacial score (nSPS) is 35.3. The van der Waals surface area contributed by atoms with Gasteiger partial charge in [-0.3, -0.25) is 0 Å². The predicted octanol–water partition coefficient (Wildman–Crippen LogP) is -1.29. The second-order valence-corrected chi connectivity index (χ2v) is 18.7. The monoisotopic (exact) mass is 1030 g/mol. The van der Waals surface area contributed by atoms with Crippen molar-refractivity contribution in [3.8, 4) is 17.2 Å². The SMILES string of the molecule is O=C[C@]1(C=CO[C@@H]2O[C@H](CO)[C@@H](O)[C@H](O)[C@H]2O)CC[C@H](COC(=O)C(=Cc2ccc(O)cc2)/C(=C\c2ccc(O)c(O)c2)C(=O)OC[C@H]2CC[C@](C=O)(C=CO[C@@H]3O[C@H](CO)[C@@H](O)[C@H](O)[C@H]3O)[C@@H](O)C2)C[C@@H]1O. The second-order valence-electron chi connectivity index (χ2n) is 18.7. The van der Waals surface area contributed by atoms with Gasteiger partial charge >= 0.3 is 11.9 Å². The largest absolute Gasteiger partial charge is 0.508 e. The van der Waals surface area contributed by atoms with Gasteiger partial charge in [0.2, 0.25) is 12.6 Å². The van der Waals surface area contributed by atoms with Crippen molar-refractivity contribution >= 4 is 36.7 Å². The summed E-state index contributed by atoms with van der Waals surface area (Å²) >= 11 is 0. The number of esters is 2. The zero-order valence-corrected chi connectivity index (χ0v) is 39.2. The van der Waals surface area contributed by atoms with Crippen LogP contribution < -0.4 is 0 Å². The Labute approximate surface area is 417 Å². The van der Waals surface area contributed by atoms with E-state index in [1.54, 1.807) is 0 Å². The molecule has 2 aromatic carbocycles. The van der Waals surface area contributed by atoms with E-state index in [9.17, 15) is 85.6 Å². The topological polar surface area (TPSA) is 387 Å². The van der Waals surface area contributed by atoms with Gasteiger partial charge in [-0.15, -0.1) is 0 Å². The first kappa shape index (κ1) is 56.5. The van der Waals surface area contributed by atoms with Crippen molar-refractivity contribution in [1.82, 2.24) is 0 Å². The minimum Gasteiger partial charge on any atom is -0.508 e. The van der Waals surface area contributed by atoms with Crippen LogP contribution in [0.1, 0.15) is 49.7 Å². The molecule has 0 bridgehead atoms. The molecule has 23 nitrogen and oxygen atoms in total. The molecule has 23 heteroatoms. The van der Waals surface area contributed by atoms with Crippen molar-refractivity contribution in [3.05, 3.63) is 89.4 Å². The molecule has 2 saturated heterocycles. The van der Waals surface area contributed by atoms with Crippen LogP contribution in [0.25, 0.3) is 12.2 Å². The number of ether oxygens (including phenoxy) is 6. The van der Waals surface area contributed by atoms with Crippen molar-refractivity contribution in [2.45, 2.75) is 112 Å². The van der Waals surface area contributed by atoms with Gasteiger partial charge in [-0.05, 0) is 110 Å². The van der Waals surface area contributed by atoms with E-state index >= 15 is 0 Å². The summed E-state index contributed by atoms with van der Waals surface area (Å²) in [7, 11) is 0. The first-order valence-corrected chi connectivity index (χ1v) is 23.4. The standard InChI is InChI=1S/C50H62O23/c51-20-35-39(60)41(62)43(64)47(72-35)68-13-11-49(24-53)9-7-28(18-37(49)58)22-70-45(66)31(15-26-1-4-30(55)5-2-26)32(16-27-3-6-33(56)34(57)17-27)46(67)71-23-29-8-10-50(25-54,38(59)19-29)12-14-69-48-44(65)42(63)40(61)36(21-52)73-48/h1-6,11-17,24-25,28-29,35-44,47-48,51-52,55-65H,7-10,18-23H2/b13-11?,14-12?,31-15?,32-16+/t28-,29-,35+,36+,37-,38-,39+,40+,41-,42-,43+,44+,47+,48+,49+,50+/m0/s1. The number of aliphatic hydroxyl groups excluding tert-OH is 10. The van der Waals surface area contributed by atoms with Crippen LogP contribution in [0.5, 0.6) is 17.2 Å². The van der Waals surface area contributed by atoms with Crippen molar-refractivity contribution in [3.63, 3.8) is 0 Å². The summed E-state index contributed by atoms with van der Waals surface area (Å²) in [6.07, 6.45) is -10.2. The molecule has 0 amide bonds. The Morgan fingerprint density at radius 2 is 1.00 bits per heavy atom. The van der Waals surface area contributed by atoms with E-state index in [0.717, 1.165) is 24.7 Å². The summed E-state index contributed by atoms with van der Waals surface area (Å²) < 4.78 is 33.0. The minimum atomic E-state index is -1.73. The number of aliphatic hydroxyl groups is 10. The molecule has 2 aliphatic heterocycles. The number of phenolic OH excluding ortho intramolecular Hbond substituents is 3. The third-order valence-corrected chi connectivity index (χ3v) is 13.8. The Bertz CT molecular complexity index is 2330. The first-order chi connectivity index (χ1) is 34.8. The molecular formula is C50H62O23. The van der Waals surface area contributed by atoms with Crippen molar-refractivity contribution in [2.24, 2.45) is 22.7 Å². The summed E-state index contributed by atoms with van der Waals surface area (Å²) in [6, 6.07) is 9.12. The molecule has 0 unspecified atom stereocenters. The van der Waals surface area contributed by atoms with Gasteiger partial charge in [0, 0.05) is 0 Å². The van der Waals surface area contributed by atoms with Gasteiger partial charge in [0.15, 0.2) is 11.5 Å². The number of aromatic hydroxyl groups is 3. The molecule has 4 aliphatic rings. The molecular weight excluding hydrogens is 969 g/mol. The van der Waals surface area contributed by atoms with Crippen LogP contribution in [0.15, 0.2) is 78.3 Å². The fourth-order valence-corrected chi connectivity index (χ4v) is 9.01. The van der Waals surface area contributed by atoms with E-state index in [2.05, 4.69) is 0 Å². The van der Waals surface area contributed by atoms with Crippen molar-refractivity contribution in [2.75, 3.05) is 26.4 Å². The van der Waals surface area contributed by atoms with Crippen LogP contribution in [0.2, 0.25) is 0 Å². The average Bonchev–Trinajstić information content (AvgIpc) is 3.38. The lowest BCUT2D eigenvalue weighted by Gasteiger charge is -2.40. The quantitative estimate of drug-likeness (QED) is 0.0194. The fourth-order valence-electron chi connectivity index (χ4n) is 9.01. The number of hydrogen-bond donors (Lipinski definition) is 13. The highest BCUT2D eigenvalue weighted by atomic mass is 16.7. The first-order valence-electron chi connectivity index (χ1n) is 23.4. The Morgan fingerprint density at radius 3 is 1.40 bits per heavy atom.